The molecular formula is C24H28N4S. The molecule has 3 heterocycles. The molecule has 0 amide bonds. The number of nitrogens with zero attached hydrogens (tertiary/aromatic N) is 3. The highest BCUT2D eigenvalue weighted by Gasteiger charge is 2.29. The molecule has 1 unspecified atom stereocenters. The van der Waals surface area contributed by atoms with Gasteiger partial charge in [-0.25, -0.2) is 4.98 Å². The van der Waals surface area contributed by atoms with Crippen molar-refractivity contribution in [3.8, 4) is 11.4 Å². The Morgan fingerprint density at radius 3 is 2.66 bits per heavy atom. The van der Waals surface area contributed by atoms with Crippen LogP contribution in [0, 0.1) is 0 Å². The first-order valence-corrected chi connectivity index (χ1v) is 11.5. The van der Waals surface area contributed by atoms with E-state index in [0.717, 1.165) is 30.0 Å². The molecule has 2 aliphatic heterocycles. The summed E-state index contributed by atoms with van der Waals surface area (Å²) in [4.78, 5) is 15.9. The lowest BCUT2D eigenvalue weighted by molar-refractivity contribution is 0.319. The molecule has 150 valence electrons. The highest BCUT2D eigenvalue weighted by molar-refractivity contribution is 7.99. The smallest absolute Gasteiger partial charge is 0.137 e. The van der Waals surface area contributed by atoms with Crippen LogP contribution in [0.2, 0.25) is 0 Å². The van der Waals surface area contributed by atoms with E-state index in [9.17, 15) is 0 Å². The number of rotatable bonds is 5. The van der Waals surface area contributed by atoms with E-state index in [1.807, 2.05) is 18.0 Å². The van der Waals surface area contributed by atoms with E-state index in [-0.39, 0.29) is 0 Å². The number of nitrogens with one attached hydrogen (secondary N) is 1. The maximum absolute atomic E-state index is 4.76. The first-order valence-electron chi connectivity index (χ1n) is 10.7. The van der Waals surface area contributed by atoms with Crippen molar-refractivity contribution in [1.82, 2.24) is 14.9 Å². The standard InChI is InChI=1S/C24H28N4S/c1-3-19-15-25-24(26-19)18-10-11-23-21(14-18)28(17(2)16-27-12-6-7-13-27)20-8-4-5-9-22(20)29-23/h4-5,8-11,14-15,17H,3,6-7,12-13,16H2,1-2H3,(H,25,26). The molecule has 1 aromatic heterocycles. The van der Waals surface area contributed by atoms with Crippen molar-refractivity contribution in [2.45, 2.75) is 48.9 Å². The fourth-order valence-corrected chi connectivity index (χ4v) is 5.57. The van der Waals surface area contributed by atoms with Crippen LogP contribution in [0.5, 0.6) is 0 Å². The summed E-state index contributed by atoms with van der Waals surface area (Å²) >= 11 is 1.87. The molecule has 1 fully saturated rings. The monoisotopic (exact) mass is 404 g/mol. The Labute approximate surface area is 177 Å². The van der Waals surface area contributed by atoms with Crippen LogP contribution in [0.3, 0.4) is 0 Å². The largest absolute Gasteiger partial charge is 0.344 e. The topological polar surface area (TPSA) is 35.2 Å². The average Bonchev–Trinajstić information content (AvgIpc) is 3.43. The third-order valence-electron chi connectivity index (χ3n) is 5.99. The molecule has 1 atom stereocenters. The maximum Gasteiger partial charge on any atom is 0.137 e. The van der Waals surface area contributed by atoms with Crippen molar-refractivity contribution in [2.24, 2.45) is 0 Å². The van der Waals surface area contributed by atoms with Crippen molar-refractivity contribution in [2.75, 3.05) is 24.5 Å². The van der Waals surface area contributed by atoms with Gasteiger partial charge in [0.1, 0.15) is 5.82 Å². The second kappa shape index (κ2) is 7.88. The summed E-state index contributed by atoms with van der Waals surface area (Å²) in [6.45, 7) is 8.07. The van der Waals surface area contributed by atoms with Gasteiger partial charge in [-0.2, -0.15) is 0 Å². The number of hydrogen-bond acceptors (Lipinski definition) is 4. The van der Waals surface area contributed by atoms with Crippen molar-refractivity contribution in [3.05, 3.63) is 54.4 Å². The fourth-order valence-electron chi connectivity index (χ4n) is 4.51. The van der Waals surface area contributed by atoms with E-state index < -0.39 is 0 Å². The maximum atomic E-state index is 4.76. The highest BCUT2D eigenvalue weighted by Crippen LogP contribution is 2.49. The summed E-state index contributed by atoms with van der Waals surface area (Å²) in [5.74, 6) is 0.959. The van der Waals surface area contributed by atoms with Gasteiger partial charge in [0.2, 0.25) is 0 Å². The Hall–Kier alpha value is -2.24. The van der Waals surface area contributed by atoms with E-state index in [0.29, 0.717) is 6.04 Å². The van der Waals surface area contributed by atoms with Crippen molar-refractivity contribution in [1.29, 1.82) is 0 Å². The van der Waals surface area contributed by atoms with Crippen LogP contribution in [-0.2, 0) is 6.42 Å². The number of anilines is 2. The summed E-state index contributed by atoms with van der Waals surface area (Å²) in [6.07, 6.45) is 5.63. The second-order valence-electron chi connectivity index (χ2n) is 8.07. The van der Waals surface area contributed by atoms with Crippen LogP contribution in [-0.4, -0.2) is 40.5 Å². The summed E-state index contributed by atoms with van der Waals surface area (Å²) in [5.41, 5.74) is 4.88. The third-order valence-corrected chi connectivity index (χ3v) is 7.12. The molecule has 1 N–H and O–H groups in total. The summed E-state index contributed by atoms with van der Waals surface area (Å²) in [5, 5.41) is 0. The molecule has 29 heavy (non-hydrogen) atoms. The molecule has 3 aromatic rings. The zero-order chi connectivity index (χ0) is 19.8. The van der Waals surface area contributed by atoms with Gasteiger partial charge >= 0.3 is 0 Å². The van der Waals surface area contributed by atoms with E-state index in [1.54, 1.807) is 0 Å². The minimum atomic E-state index is 0.409. The number of benzene rings is 2. The molecule has 0 bridgehead atoms. The van der Waals surface area contributed by atoms with E-state index in [2.05, 4.69) is 71.1 Å². The van der Waals surface area contributed by atoms with Gasteiger partial charge in [0.15, 0.2) is 0 Å². The van der Waals surface area contributed by atoms with Crippen molar-refractivity contribution >= 4 is 23.1 Å². The van der Waals surface area contributed by atoms with Crippen LogP contribution in [0.15, 0.2) is 58.5 Å². The number of aromatic nitrogens is 2. The summed E-state index contributed by atoms with van der Waals surface area (Å²) in [6, 6.07) is 16.0. The zero-order valence-corrected chi connectivity index (χ0v) is 18.0. The Balaban J connectivity index is 1.55. The Bertz CT molecular complexity index is 1010. The first kappa shape index (κ1) is 18.8. The SMILES string of the molecule is CCc1c[nH]c(-c2ccc3c(c2)N(C(C)CN2CCCC2)c2ccccc2S3)n1. The van der Waals surface area contributed by atoms with E-state index in [1.165, 1.54) is 47.1 Å². The number of H-pyrrole nitrogens is 1. The predicted octanol–water partition coefficient (Wildman–Crippen LogP) is 5.73. The zero-order valence-electron chi connectivity index (χ0n) is 17.2. The lowest BCUT2D eigenvalue weighted by Gasteiger charge is -2.39. The van der Waals surface area contributed by atoms with Crippen LogP contribution in [0.4, 0.5) is 11.4 Å². The normalized spacial score (nSPS) is 17.2. The highest BCUT2D eigenvalue weighted by atomic mass is 32.2. The minimum absolute atomic E-state index is 0.409. The number of fused-ring (bicyclic) bond motifs is 2. The average molecular weight is 405 g/mol. The molecule has 4 nitrogen and oxygen atoms in total. The molecule has 5 rings (SSSR count). The number of likely N-dealkylation sites (tertiary alicyclic amines) is 1. The Morgan fingerprint density at radius 1 is 1.07 bits per heavy atom. The molecule has 2 aliphatic rings. The molecule has 0 aliphatic carbocycles. The van der Waals surface area contributed by atoms with Crippen LogP contribution >= 0.6 is 11.8 Å². The summed E-state index contributed by atoms with van der Waals surface area (Å²) in [7, 11) is 0. The third kappa shape index (κ3) is 3.58. The molecule has 0 radical (unpaired) electrons. The molecule has 0 saturated carbocycles. The number of aryl methyl sites for hydroxylation is 1. The first-order chi connectivity index (χ1) is 14.2. The molecule has 5 heteroatoms. The number of para-hydroxylation sites is 1. The van der Waals surface area contributed by atoms with Crippen LogP contribution < -0.4 is 4.90 Å². The Morgan fingerprint density at radius 2 is 1.86 bits per heavy atom. The van der Waals surface area contributed by atoms with E-state index >= 15 is 0 Å². The van der Waals surface area contributed by atoms with Gasteiger partial charge in [-0.15, -0.1) is 0 Å². The van der Waals surface area contributed by atoms with Gasteiger partial charge < -0.3 is 14.8 Å². The number of hydrogen-bond donors (Lipinski definition) is 1. The quantitative estimate of drug-likeness (QED) is 0.589. The van der Waals surface area contributed by atoms with Gasteiger partial charge in [0, 0.05) is 34.1 Å². The van der Waals surface area contributed by atoms with Crippen molar-refractivity contribution in [3.63, 3.8) is 0 Å². The van der Waals surface area contributed by atoms with Gasteiger partial charge in [-0.1, -0.05) is 30.8 Å². The van der Waals surface area contributed by atoms with Gasteiger partial charge in [0.25, 0.3) is 0 Å². The second-order valence-corrected chi connectivity index (χ2v) is 9.16. The fraction of sp³-hybridized carbons (Fsp3) is 0.375. The Kier molecular flexibility index (Phi) is 5.10. The van der Waals surface area contributed by atoms with E-state index in [4.69, 9.17) is 4.98 Å². The van der Waals surface area contributed by atoms with Crippen molar-refractivity contribution < 1.29 is 0 Å². The number of aromatic amines is 1. The molecule has 2 aromatic carbocycles. The van der Waals surface area contributed by atoms with Gasteiger partial charge in [0.05, 0.1) is 17.1 Å². The van der Waals surface area contributed by atoms with Crippen LogP contribution in [0.25, 0.3) is 11.4 Å². The molecule has 0 spiro atoms. The van der Waals surface area contributed by atoms with Crippen LogP contribution in [0.1, 0.15) is 32.4 Å². The van der Waals surface area contributed by atoms with Gasteiger partial charge in [-0.05, 0) is 69.6 Å². The molecule has 1 saturated heterocycles. The minimum Gasteiger partial charge on any atom is -0.344 e. The number of imidazole rings is 1. The lowest BCUT2D eigenvalue weighted by atomic mass is 10.1. The van der Waals surface area contributed by atoms with Gasteiger partial charge in [-0.3, -0.25) is 0 Å². The predicted molar refractivity (Wildman–Crippen MR) is 121 cm³/mol. The summed E-state index contributed by atoms with van der Waals surface area (Å²) < 4.78 is 0. The lowest BCUT2D eigenvalue weighted by Crippen LogP contribution is -2.40. The molecular weight excluding hydrogens is 376 g/mol.